The number of carbonyl (C=O) groups excluding carboxylic acids is 1. The molecule has 0 aliphatic heterocycles. The molecule has 1 aromatic heterocycles. The van der Waals surface area contributed by atoms with E-state index in [0.29, 0.717) is 18.8 Å². The van der Waals surface area contributed by atoms with Crippen LogP contribution in [0.25, 0.3) is 0 Å². The van der Waals surface area contributed by atoms with Gasteiger partial charge in [-0.25, -0.2) is 4.98 Å². The lowest BCUT2D eigenvalue weighted by Gasteiger charge is -2.30. The summed E-state index contributed by atoms with van der Waals surface area (Å²) in [6.07, 6.45) is 0.145. The van der Waals surface area contributed by atoms with Crippen LogP contribution in [-0.4, -0.2) is 42.1 Å². The van der Waals surface area contributed by atoms with E-state index in [1.807, 2.05) is 25.9 Å². The third-order valence-corrected chi connectivity index (χ3v) is 5.63. The topological polar surface area (TPSA) is 70.1 Å². The van der Waals surface area contributed by atoms with Gasteiger partial charge in [0.05, 0.1) is 10.6 Å². The van der Waals surface area contributed by atoms with Gasteiger partial charge < -0.3 is 15.5 Å². The second-order valence-electron chi connectivity index (χ2n) is 7.95. The first-order valence-electron chi connectivity index (χ1n) is 9.99. The van der Waals surface area contributed by atoms with Crippen LogP contribution >= 0.6 is 11.6 Å². The van der Waals surface area contributed by atoms with Crippen molar-refractivity contribution in [3.05, 3.63) is 46.1 Å². The minimum absolute atomic E-state index is 0.0544. The van der Waals surface area contributed by atoms with Gasteiger partial charge in [-0.15, -0.1) is 0 Å². The number of aromatic nitrogens is 2. The Labute approximate surface area is 184 Å². The number of nitrogens with one attached hydrogen (secondary N) is 2. The van der Waals surface area contributed by atoms with Crippen molar-refractivity contribution >= 4 is 29.3 Å². The molecule has 1 saturated carbocycles. The highest BCUT2D eigenvalue weighted by Gasteiger charge is 2.34. The Balaban J connectivity index is 1.56. The highest BCUT2D eigenvalue weighted by molar-refractivity contribution is 6.31. The molecular formula is C21H25ClF3N5O. The largest absolute Gasteiger partial charge is 0.417 e. The van der Waals surface area contributed by atoms with Crippen molar-refractivity contribution < 1.29 is 18.0 Å². The number of benzene rings is 1. The Morgan fingerprint density at radius 1 is 1.16 bits per heavy atom. The Morgan fingerprint density at radius 2 is 1.81 bits per heavy atom. The third kappa shape index (κ3) is 5.78. The second-order valence-corrected chi connectivity index (χ2v) is 8.36. The van der Waals surface area contributed by atoms with Crippen molar-refractivity contribution in [2.75, 3.05) is 24.3 Å². The molecule has 31 heavy (non-hydrogen) atoms. The van der Waals surface area contributed by atoms with Crippen LogP contribution in [0.15, 0.2) is 24.4 Å². The van der Waals surface area contributed by atoms with E-state index in [2.05, 4.69) is 20.6 Å². The van der Waals surface area contributed by atoms with Crippen molar-refractivity contribution in [1.29, 1.82) is 0 Å². The zero-order valence-electron chi connectivity index (χ0n) is 17.6. The number of hydrogen-bond acceptors (Lipinski definition) is 5. The zero-order chi connectivity index (χ0) is 22.8. The van der Waals surface area contributed by atoms with Gasteiger partial charge in [0.2, 0.25) is 5.95 Å². The summed E-state index contributed by atoms with van der Waals surface area (Å²) in [5.41, 5.74) is -0.0796. The lowest BCUT2D eigenvalue weighted by atomic mass is 9.91. The Morgan fingerprint density at radius 3 is 2.42 bits per heavy atom. The fourth-order valence-electron chi connectivity index (χ4n) is 3.67. The summed E-state index contributed by atoms with van der Waals surface area (Å²) in [7, 11) is 3.84. The quantitative estimate of drug-likeness (QED) is 0.685. The number of anilines is 2. The van der Waals surface area contributed by atoms with Gasteiger partial charge in [-0.2, -0.15) is 18.2 Å². The maximum absolute atomic E-state index is 13.0. The van der Waals surface area contributed by atoms with Gasteiger partial charge in [-0.05, 0) is 50.8 Å². The van der Waals surface area contributed by atoms with Crippen LogP contribution in [0.4, 0.5) is 24.9 Å². The highest BCUT2D eigenvalue weighted by Crippen LogP contribution is 2.35. The van der Waals surface area contributed by atoms with E-state index in [4.69, 9.17) is 11.6 Å². The molecule has 1 fully saturated rings. The number of halogens is 4. The van der Waals surface area contributed by atoms with Crippen LogP contribution in [0.5, 0.6) is 0 Å². The summed E-state index contributed by atoms with van der Waals surface area (Å²) in [5.74, 6) is 0.873. The summed E-state index contributed by atoms with van der Waals surface area (Å²) in [6, 6.07) is 3.26. The van der Waals surface area contributed by atoms with Crippen molar-refractivity contribution in [1.82, 2.24) is 15.3 Å². The summed E-state index contributed by atoms with van der Waals surface area (Å²) < 4.78 is 39.1. The SMILES string of the molecule is Cc1cnc(NC2CCC(NC(=O)c3ccc(Cl)c(C(F)(F)F)c3)CC2)nc1N(C)C. The molecular weight excluding hydrogens is 431 g/mol. The lowest BCUT2D eigenvalue weighted by molar-refractivity contribution is -0.137. The van der Waals surface area contributed by atoms with E-state index in [1.54, 1.807) is 6.20 Å². The monoisotopic (exact) mass is 455 g/mol. The number of aryl methyl sites for hydroxylation is 1. The number of carbonyl (C=O) groups is 1. The standard InChI is InChI=1S/C21H25ClF3N5O/c1-12-11-26-20(29-18(12)30(2)3)28-15-7-5-14(6-8-15)27-19(31)13-4-9-17(22)16(10-13)21(23,24)25/h4,9-11,14-15H,5-8H2,1-3H3,(H,27,31)(H,26,28,29). The zero-order valence-corrected chi connectivity index (χ0v) is 18.3. The predicted octanol–water partition coefficient (Wildman–Crippen LogP) is 4.68. The summed E-state index contributed by atoms with van der Waals surface area (Å²) in [4.78, 5) is 23.2. The second kappa shape index (κ2) is 9.30. The van der Waals surface area contributed by atoms with E-state index >= 15 is 0 Å². The number of amides is 1. The van der Waals surface area contributed by atoms with Crippen LogP contribution < -0.4 is 15.5 Å². The Bertz CT molecular complexity index is 943. The van der Waals surface area contributed by atoms with Crippen LogP contribution in [-0.2, 0) is 6.18 Å². The van der Waals surface area contributed by atoms with Gasteiger partial charge in [0.15, 0.2) is 0 Å². The van der Waals surface area contributed by atoms with E-state index < -0.39 is 22.7 Å². The molecule has 168 valence electrons. The van der Waals surface area contributed by atoms with Crippen LogP contribution in [0.1, 0.15) is 47.2 Å². The Kier molecular flexibility index (Phi) is 6.93. The van der Waals surface area contributed by atoms with E-state index in [0.717, 1.165) is 36.4 Å². The smallest absolute Gasteiger partial charge is 0.362 e. The first-order chi connectivity index (χ1) is 14.5. The van der Waals surface area contributed by atoms with Crippen molar-refractivity contribution in [2.45, 2.75) is 50.9 Å². The summed E-state index contributed by atoms with van der Waals surface area (Å²) in [6.45, 7) is 1.95. The molecule has 1 amide bonds. The third-order valence-electron chi connectivity index (χ3n) is 5.30. The van der Waals surface area contributed by atoms with Gasteiger partial charge >= 0.3 is 6.18 Å². The molecule has 0 spiro atoms. The van der Waals surface area contributed by atoms with E-state index in [1.165, 1.54) is 6.07 Å². The van der Waals surface area contributed by atoms with Gasteiger partial charge in [-0.1, -0.05) is 11.6 Å². The van der Waals surface area contributed by atoms with Crippen molar-refractivity contribution in [3.8, 4) is 0 Å². The molecule has 1 aliphatic carbocycles. The van der Waals surface area contributed by atoms with Crippen LogP contribution in [0.2, 0.25) is 5.02 Å². The fourth-order valence-corrected chi connectivity index (χ4v) is 3.90. The van der Waals surface area contributed by atoms with Crippen LogP contribution in [0, 0.1) is 6.92 Å². The van der Waals surface area contributed by atoms with Gasteiger partial charge in [0.1, 0.15) is 5.82 Å². The van der Waals surface area contributed by atoms with Crippen molar-refractivity contribution in [3.63, 3.8) is 0 Å². The number of rotatable bonds is 5. The summed E-state index contributed by atoms with van der Waals surface area (Å²) in [5, 5.41) is 5.75. The first kappa shape index (κ1) is 23.1. The van der Waals surface area contributed by atoms with Gasteiger partial charge in [0.25, 0.3) is 5.91 Å². The molecule has 2 aromatic rings. The fraction of sp³-hybridized carbons (Fsp3) is 0.476. The number of hydrogen-bond donors (Lipinski definition) is 2. The van der Waals surface area contributed by atoms with Crippen molar-refractivity contribution in [2.24, 2.45) is 0 Å². The maximum atomic E-state index is 13.0. The lowest BCUT2D eigenvalue weighted by Crippen LogP contribution is -2.40. The Hall–Kier alpha value is -2.55. The summed E-state index contributed by atoms with van der Waals surface area (Å²) >= 11 is 5.62. The molecule has 0 saturated heterocycles. The molecule has 0 radical (unpaired) electrons. The van der Waals surface area contributed by atoms with E-state index in [-0.39, 0.29) is 17.6 Å². The first-order valence-corrected chi connectivity index (χ1v) is 10.4. The molecule has 0 bridgehead atoms. The normalized spacial score (nSPS) is 19.1. The number of nitrogens with zero attached hydrogens (tertiary/aromatic N) is 3. The average molecular weight is 456 g/mol. The molecule has 1 aliphatic rings. The minimum Gasteiger partial charge on any atom is -0.362 e. The molecule has 0 atom stereocenters. The minimum atomic E-state index is -4.61. The molecule has 6 nitrogen and oxygen atoms in total. The van der Waals surface area contributed by atoms with Crippen LogP contribution in [0.3, 0.4) is 0 Å². The maximum Gasteiger partial charge on any atom is 0.417 e. The molecule has 1 heterocycles. The molecule has 1 aromatic carbocycles. The van der Waals surface area contributed by atoms with Gasteiger partial charge in [0, 0.05) is 43.5 Å². The molecule has 2 N–H and O–H groups in total. The predicted molar refractivity (Wildman–Crippen MR) is 115 cm³/mol. The molecule has 3 rings (SSSR count). The highest BCUT2D eigenvalue weighted by atomic mass is 35.5. The van der Waals surface area contributed by atoms with E-state index in [9.17, 15) is 18.0 Å². The molecule has 10 heteroatoms. The number of alkyl halides is 3. The molecule has 0 unspecified atom stereocenters. The van der Waals surface area contributed by atoms with Gasteiger partial charge in [-0.3, -0.25) is 4.79 Å². The average Bonchev–Trinajstić information content (AvgIpc) is 2.70.